The average molecular weight is 413 g/mol. The fourth-order valence-electron chi connectivity index (χ4n) is 2.17. The first-order chi connectivity index (χ1) is 12.4. The Bertz CT molecular complexity index is 815. The molecular formula is C18H18Cl2N2O3S. The minimum absolute atomic E-state index is 0.0914. The third-order valence-corrected chi connectivity index (χ3v) is 5.11. The summed E-state index contributed by atoms with van der Waals surface area (Å²) in [7, 11) is 1.55. The van der Waals surface area contributed by atoms with Gasteiger partial charge in [-0.1, -0.05) is 40.9 Å². The fraction of sp³-hybridized carbons (Fsp3) is 0.222. The number of ether oxygens (including phenoxy) is 1. The second-order valence-electron chi connectivity index (χ2n) is 5.45. The second-order valence-corrected chi connectivity index (χ2v) is 7.31. The van der Waals surface area contributed by atoms with Crippen molar-refractivity contribution in [3.63, 3.8) is 0 Å². The van der Waals surface area contributed by atoms with Crippen LogP contribution in [0.2, 0.25) is 10.0 Å². The van der Waals surface area contributed by atoms with Crippen LogP contribution >= 0.6 is 35.0 Å². The molecule has 0 unspecified atom stereocenters. The van der Waals surface area contributed by atoms with Crippen LogP contribution in [0.1, 0.15) is 11.1 Å². The van der Waals surface area contributed by atoms with Crippen molar-refractivity contribution in [1.29, 1.82) is 0 Å². The normalized spacial score (nSPS) is 10.3. The van der Waals surface area contributed by atoms with Gasteiger partial charge in [0.1, 0.15) is 5.75 Å². The summed E-state index contributed by atoms with van der Waals surface area (Å²) in [5.74, 6) is 0.0283. The highest BCUT2D eigenvalue weighted by atomic mass is 35.5. The van der Waals surface area contributed by atoms with Crippen molar-refractivity contribution in [1.82, 2.24) is 10.9 Å². The monoisotopic (exact) mass is 412 g/mol. The van der Waals surface area contributed by atoms with Gasteiger partial charge in [0.05, 0.1) is 24.3 Å². The van der Waals surface area contributed by atoms with Crippen molar-refractivity contribution < 1.29 is 14.3 Å². The van der Waals surface area contributed by atoms with Gasteiger partial charge < -0.3 is 4.74 Å². The van der Waals surface area contributed by atoms with Gasteiger partial charge in [-0.05, 0) is 31.2 Å². The van der Waals surface area contributed by atoms with Crippen LogP contribution in [0.15, 0.2) is 41.3 Å². The van der Waals surface area contributed by atoms with E-state index in [-0.39, 0.29) is 24.0 Å². The Morgan fingerprint density at radius 2 is 1.81 bits per heavy atom. The molecule has 0 heterocycles. The number of nitrogens with one attached hydrogen (secondary N) is 2. The highest BCUT2D eigenvalue weighted by Gasteiger charge is 2.11. The molecule has 0 bridgehead atoms. The first-order valence-corrected chi connectivity index (χ1v) is 9.42. The van der Waals surface area contributed by atoms with E-state index in [4.69, 9.17) is 27.9 Å². The summed E-state index contributed by atoms with van der Waals surface area (Å²) in [6, 6.07) is 10.6. The first kappa shape index (κ1) is 20.4. The van der Waals surface area contributed by atoms with Crippen LogP contribution in [0.25, 0.3) is 0 Å². The van der Waals surface area contributed by atoms with Crippen molar-refractivity contribution in [2.24, 2.45) is 0 Å². The number of methoxy groups -OCH3 is 1. The van der Waals surface area contributed by atoms with E-state index in [1.54, 1.807) is 25.3 Å². The number of rotatable bonds is 6. The Hall–Kier alpha value is -1.89. The molecule has 2 N–H and O–H groups in total. The number of hydrogen-bond donors (Lipinski definition) is 2. The quantitative estimate of drug-likeness (QED) is 0.559. The third-order valence-electron chi connectivity index (χ3n) is 3.38. The van der Waals surface area contributed by atoms with Gasteiger partial charge in [0.15, 0.2) is 0 Å². The Labute approximate surface area is 166 Å². The standard InChI is InChI=1S/C18H18Cl2N2O3S/c1-11-3-6-15(25-2)12(7-11)8-17(23)21-22-18(24)10-26-16-9-13(19)4-5-14(16)20/h3-7,9H,8,10H2,1-2H3,(H,21,23)(H,22,24). The summed E-state index contributed by atoms with van der Waals surface area (Å²) in [6.45, 7) is 1.93. The largest absolute Gasteiger partial charge is 0.496 e. The van der Waals surface area contributed by atoms with E-state index in [2.05, 4.69) is 10.9 Å². The molecule has 26 heavy (non-hydrogen) atoms. The van der Waals surface area contributed by atoms with Gasteiger partial charge in [-0.2, -0.15) is 0 Å². The van der Waals surface area contributed by atoms with Crippen LogP contribution in [0, 0.1) is 6.92 Å². The molecule has 0 spiro atoms. The predicted octanol–water partition coefficient (Wildman–Crippen LogP) is 3.79. The van der Waals surface area contributed by atoms with E-state index in [0.717, 1.165) is 11.1 Å². The molecule has 0 radical (unpaired) electrons. The van der Waals surface area contributed by atoms with Crippen LogP contribution in [0.3, 0.4) is 0 Å². The average Bonchev–Trinajstić information content (AvgIpc) is 2.61. The zero-order chi connectivity index (χ0) is 19.1. The number of carbonyl (C=O) groups excluding carboxylic acids is 2. The predicted molar refractivity (Wildman–Crippen MR) is 105 cm³/mol. The van der Waals surface area contributed by atoms with Crippen LogP contribution in [0.5, 0.6) is 5.75 Å². The molecule has 2 aromatic carbocycles. The number of aryl methyl sites for hydroxylation is 1. The molecule has 0 aliphatic carbocycles. The van der Waals surface area contributed by atoms with Gasteiger partial charge in [-0.15, -0.1) is 11.8 Å². The van der Waals surface area contributed by atoms with Crippen LogP contribution in [0.4, 0.5) is 0 Å². The third kappa shape index (κ3) is 6.12. The molecule has 0 saturated carbocycles. The summed E-state index contributed by atoms with van der Waals surface area (Å²) < 4.78 is 5.24. The maximum absolute atomic E-state index is 12.0. The number of thioether (sulfide) groups is 1. The van der Waals surface area contributed by atoms with Gasteiger partial charge in [0.2, 0.25) is 11.8 Å². The molecule has 0 aliphatic rings. The fourth-order valence-corrected chi connectivity index (χ4v) is 3.46. The summed E-state index contributed by atoms with van der Waals surface area (Å²) in [5.41, 5.74) is 6.55. The molecule has 2 rings (SSSR count). The van der Waals surface area contributed by atoms with E-state index >= 15 is 0 Å². The maximum atomic E-state index is 12.0. The number of benzene rings is 2. The molecule has 0 aliphatic heterocycles. The Morgan fingerprint density at radius 1 is 1.08 bits per heavy atom. The molecule has 2 aromatic rings. The summed E-state index contributed by atoms with van der Waals surface area (Å²) >= 11 is 13.2. The summed E-state index contributed by atoms with van der Waals surface area (Å²) in [4.78, 5) is 24.6. The van der Waals surface area contributed by atoms with E-state index in [1.165, 1.54) is 11.8 Å². The molecule has 0 atom stereocenters. The van der Waals surface area contributed by atoms with Gasteiger partial charge >= 0.3 is 0 Å². The SMILES string of the molecule is COc1ccc(C)cc1CC(=O)NNC(=O)CSc1cc(Cl)ccc1Cl. The van der Waals surface area contributed by atoms with Crippen molar-refractivity contribution in [2.75, 3.05) is 12.9 Å². The Morgan fingerprint density at radius 3 is 2.54 bits per heavy atom. The number of carbonyl (C=O) groups is 2. The lowest BCUT2D eigenvalue weighted by molar-refractivity contribution is -0.127. The molecular weight excluding hydrogens is 395 g/mol. The zero-order valence-corrected chi connectivity index (χ0v) is 16.6. The first-order valence-electron chi connectivity index (χ1n) is 7.68. The van der Waals surface area contributed by atoms with Gasteiger partial charge in [0, 0.05) is 15.5 Å². The Balaban J connectivity index is 1.82. The molecule has 0 aromatic heterocycles. The molecule has 5 nitrogen and oxygen atoms in total. The highest BCUT2D eigenvalue weighted by Crippen LogP contribution is 2.29. The summed E-state index contributed by atoms with van der Waals surface area (Å²) in [5, 5.41) is 1.06. The van der Waals surface area contributed by atoms with E-state index in [1.807, 2.05) is 25.1 Å². The van der Waals surface area contributed by atoms with E-state index < -0.39 is 0 Å². The lowest BCUT2D eigenvalue weighted by Crippen LogP contribution is -2.43. The number of hydrazine groups is 1. The topological polar surface area (TPSA) is 67.4 Å². The minimum Gasteiger partial charge on any atom is -0.496 e. The van der Waals surface area contributed by atoms with Gasteiger partial charge in [0.25, 0.3) is 0 Å². The van der Waals surface area contributed by atoms with E-state index in [9.17, 15) is 9.59 Å². The minimum atomic E-state index is -0.351. The van der Waals surface area contributed by atoms with E-state index in [0.29, 0.717) is 20.7 Å². The highest BCUT2D eigenvalue weighted by molar-refractivity contribution is 8.00. The molecule has 0 fully saturated rings. The molecule has 8 heteroatoms. The molecule has 138 valence electrons. The number of amides is 2. The molecule has 0 saturated heterocycles. The molecule has 2 amide bonds. The van der Waals surface area contributed by atoms with Crippen LogP contribution in [-0.2, 0) is 16.0 Å². The lowest BCUT2D eigenvalue weighted by atomic mass is 10.1. The van der Waals surface area contributed by atoms with Crippen molar-refractivity contribution >= 4 is 46.8 Å². The number of hydrogen-bond acceptors (Lipinski definition) is 4. The van der Waals surface area contributed by atoms with Crippen molar-refractivity contribution in [3.05, 3.63) is 57.6 Å². The van der Waals surface area contributed by atoms with Gasteiger partial charge in [-0.25, -0.2) is 0 Å². The van der Waals surface area contributed by atoms with Crippen molar-refractivity contribution in [3.8, 4) is 5.75 Å². The number of halogens is 2. The van der Waals surface area contributed by atoms with Crippen LogP contribution in [-0.4, -0.2) is 24.7 Å². The second kappa shape index (κ2) is 9.71. The summed E-state index contributed by atoms with van der Waals surface area (Å²) in [6.07, 6.45) is 0.0956. The van der Waals surface area contributed by atoms with Crippen molar-refractivity contribution in [2.45, 2.75) is 18.2 Å². The maximum Gasteiger partial charge on any atom is 0.248 e. The Kier molecular flexibility index (Phi) is 7.63. The smallest absolute Gasteiger partial charge is 0.248 e. The lowest BCUT2D eigenvalue weighted by Gasteiger charge is -2.11. The zero-order valence-electron chi connectivity index (χ0n) is 14.3. The van der Waals surface area contributed by atoms with Gasteiger partial charge in [-0.3, -0.25) is 20.4 Å². The van der Waals surface area contributed by atoms with Crippen LogP contribution < -0.4 is 15.6 Å².